The van der Waals surface area contributed by atoms with E-state index >= 15 is 0 Å². The summed E-state index contributed by atoms with van der Waals surface area (Å²) in [6, 6.07) is 0.571. The summed E-state index contributed by atoms with van der Waals surface area (Å²) in [7, 11) is -0.757. The molecule has 1 fully saturated rings. The van der Waals surface area contributed by atoms with E-state index in [2.05, 4.69) is 18.2 Å². The molecule has 0 aliphatic heterocycles. The monoisotopic (exact) mass is 265 g/mol. The molecule has 1 aliphatic rings. The Bertz CT molecular complexity index is 303. The third-order valence-electron chi connectivity index (χ3n) is 3.48. The first kappa shape index (κ1) is 14.3. The molecular weight excluding hydrogens is 242 g/mol. The van der Waals surface area contributed by atoms with Crippen LogP contribution >= 0.6 is 11.8 Å². The summed E-state index contributed by atoms with van der Waals surface area (Å²) in [5.41, 5.74) is 0. The first-order chi connectivity index (χ1) is 7.50. The minimum Gasteiger partial charge on any atom is -0.301 e. The Morgan fingerprint density at radius 3 is 2.62 bits per heavy atom. The van der Waals surface area contributed by atoms with Crippen molar-refractivity contribution in [3.63, 3.8) is 0 Å². The standard InChI is InChI=1S/C11H23NO2S2/c1-4-16(13,14)9-8-12(2)10-6-5-7-11(10)15-3/h10-11H,4-9H2,1-3H3/t10-,11+/m1/s1. The highest BCUT2D eigenvalue weighted by molar-refractivity contribution is 7.99. The Labute approximate surface area is 104 Å². The van der Waals surface area contributed by atoms with Gasteiger partial charge in [0.05, 0.1) is 5.75 Å². The molecule has 1 saturated carbocycles. The third-order valence-corrected chi connectivity index (χ3v) is 6.32. The fourth-order valence-corrected chi connectivity index (χ4v) is 4.19. The van der Waals surface area contributed by atoms with E-state index in [1.165, 1.54) is 19.3 Å². The molecule has 0 bridgehead atoms. The molecule has 0 saturated heterocycles. The third kappa shape index (κ3) is 3.93. The van der Waals surface area contributed by atoms with Crippen LogP contribution in [0.1, 0.15) is 26.2 Å². The highest BCUT2D eigenvalue weighted by Gasteiger charge is 2.29. The van der Waals surface area contributed by atoms with Gasteiger partial charge < -0.3 is 4.90 Å². The van der Waals surface area contributed by atoms with Crippen LogP contribution in [0.3, 0.4) is 0 Å². The van der Waals surface area contributed by atoms with Crippen LogP contribution in [0.15, 0.2) is 0 Å². The van der Waals surface area contributed by atoms with Crippen LogP contribution in [0.4, 0.5) is 0 Å². The lowest BCUT2D eigenvalue weighted by molar-refractivity contribution is 0.264. The number of sulfone groups is 1. The SMILES string of the molecule is CCS(=O)(=O)CCN(C)[C@@H]1CCC[C@@H]1SC. The van der Waals surface area contributed by atoms with Crippen molar-refractivity contribution >= 4 is 21.6 Å². The lowest BCUT2D eigenvalue weighted by Gasteiger charge is -2.28. The van der Waals surface area contributed by atoms with Crippen molar-refractivity contribution < 1.29 is 8.42 Å². The second-order valence-corrected chi connectivity index (χ2v) is 8.04. The van der Waals surface area contributed by atoms with Crippen LogP contribution in [0, 0.1) is 0 Å². The summed E-state index contributed by atoms with van der Waals surface area (Å²) >= 11 is 1.92. The largest absolute Gasteiger partial charge is 0.301 e. The van der Waals surface area contributed by atoms with Gasteiger partial charge in [0.2, 0.25) is 0 Å². The van der Waals surface area contributed by atoms with Crippen molar-refractivity contribution in [2.24, 2.45) is 0 Å². The minimum atomic E-state index is -2.82. The maximum atomic E-state index is 11.4. The van der Waals surface area contributed by atoms with Crippen LogP contribution in [-0.2, 0) is 9.84 Å². The summed E-state index contributed by atoms with van der Waals surface area (Å²) in [4.78, 5) is 2.24. The minimum absolute atomic E-state index is 0.261. The molecule has 5 heteroatoms. The van der Waals surface area contributed by atoms with Crippen LogP contribution < -0.4 is 0 Å². The average molecular weight is 265 g/mol. The molecular formula is C11H23NO2S2. The molecule has 16 heavy (non-hydrogen) atoms. The van der Waals surface area contributed by atoms with Crippen molar-refractivity contribution in [2.45, 2.75) is 37.5 Å². The summed E-state index contributed by atoms with van der Waals surface area (Å²) in [6.45, 7) is 2.40. The first-order valence-corrected chi connectivity index (χ1v) is 9.04. The average Bonchev–Trinajstić information content (AvgIpc) is 2.74. The molecule has 1 aliphatic carbocycles. The molecule has 0 N–H and O–H groups in total. The maximum Gasteiger partial charge on any atom is 0.151 e. The van der Waals surface area contributed by atoms with Gasteiger partial charge in [-0.3, -0.25) is 0 Å². The van der Waals surface area contributed by atoms with E-state index < -0.39 is 9.84 Å². The lowest BCUT2D eigenvalue weighted by atomic mass is 10.2. The van der Waals surface area contributed by atoms with E-state index in [0.717, 1.165) is 0 Å². The normalized spacial score (nSPS) is 26.5. The van der Waals surface area contributed by atoms with Gasteiger partial charge in [-0.2, -0.15) is 11.8 Å². The molecule has 0 amide bonds. The molecule has 3 nitrogen and oxygen atoms in total. The Hall–Kier alpha value is 0.260. The number of nitrogens with zero attached hydrogens (tertiary/aromatic N) is 1. The zero-order valence-corrected chi connectivity index (χ0v) is 12.1. The number of hydrogen-bond donors (Lipinski definition) is 0. The van der Waals surface area contributed by atoms with E-state index in [1.54, 1.807) is 6.92 Å². The van der Waals surface area contributed by atoms with Gasteiger partial charge in [-0.1, -0.05) is 13.3 Å². The quantitative estimate of drug-likeness (QED) is 0.731. The predicted molar refractivity (Wildman–Crippen MR) is 71.9 cm³/mol. The fraction of sp³-hybridized carbons (Fsp3) is 1.00. The zero-order chi connectivity index (χ0) is 12.2. The maximum absolute atomic E-state index is 11.4. The number of hydrogen-bond acceptors (Lipinski definition) is 4. The van der Waals surface area contributed by atoms with Crippen molar-refractivity contribution in [1.29, 1.82) is 0 Å². The molecule has 0 unspecified atom stereocenters. The van der Waals surface area contributed by atoms with Gasteiger partial charge in [-0.05, 0) is 26.1 Å². The molecule has 0 aromatic heterocycles. The van der Waals surface area contributed by atoms with Gasteiger partial charge in [-0.15, -0.1) is 0 Å². The van der Waals surface area contributed by atoms with Crippen molar-refractivity contribution in [3.8, 4) is 0 Å². The van der Waals surface area contributed by atoms with E-state index in [-0.39, 0.29) is 5.75 Å². The van der Waals surface area contributed by atoms with Crippen molar-refractivity contribution in [3.05, 3.63) is 0 Å². The van der Waals surface area contributed by atoms with Crippen LogP contribution in [-0.4, -0.2) is 56.0 Å². The van der Waals surface area contributed by atoms with E-state index in [4.69, 9.17) is 0 Å². The number of thioether (sulfide) groups is 1. The Morgan fingerprint density at radius 1 is 1.38 bits per heavy atom. The molecule has 0 aromatic rings. The first-order valence-electron chi connectivity index (χ1n) is 5.93. The second kappa shape index (κ2) is 6.26. The molecule has 96 valence electrons. The zero-order valence-electron chi connectivity index (χ0n) is 10.5. The van der Waals surface area contributed by atoms with E-state index in [0.29, 0.717) is 23.6 Å². The van der Waals surface area contributed by atoms with E-state index in [9.17, 15) is 8.42 Å². The molecule has 0 heterocycles. The molecule has 0 spiro atoms. The van der Waals surface area contributed by atoms with Crippen LogP contribution in [0.2, 0.25) is 0 Å². The van der Waals surface area contributed by atoms with Crippen molar-refractivity contribution in [1.82, 2.24) is 4.90 Å². The highest BCUT2D eigenvalue weighted by atomic mass is 32.2. The summed E-state index contributed by atoms with van der Waals surface area (Å²) in [5.74, 6) is 0.565. The van der Waals surface area contributed by atoms with Crippen LogP contribution in [0.25, 0.3) is 0 Å². The van der Waals surface area contributed by atoms with Gasteiger partial charge in [-0.25, -0.2) is 8.42 Å². The molecule has 0 aromatic carbocycles. The Balaban J connectivity index is 2.43. The fourth-order valence-electron chi connectivity index (χ4n) is 2.28. The highest BCUT2D eigenvalue weighted by Crippen LogP contribution is 2.31. The Kier molecular flexibility index (Phi) is 5.61. The summed E-state index contributed by atoms with van der Waals surface area (Å²) < 4.78 is 22.9. The van der Waals surface area contributed by atoms with Gasteiger partial charge in [0.15, 0.2) is 9.84 Å². The van der Waals surface area contributed by atoms with Gasteiger partial charge in [0.1, 0.15) is 0 Å². The molecule has 0 radical (unpaired) electrons. The van der Waals surface area contributed by atoms with Crippen LogP contribution in [0.5, 0.6) is 0 Å². The summed E-state index contributed by atoms with van der Waals surface area (Å²) in [6.07, 6.45) is 5.92. The number of rotatable bonds is 6. The van der Waals surface area contributed by atoms with Gasteiger partial charge in [0, 0.05) is 23.6 Å². The second-order valence-electron chi connectivity index (χ2n) is 4.49. The topological polar surface area (TPSA) is 37.4 Å². The van der Waals surface area contributed by atoms with Gasteiger partial charge in [0.25, 0.3) is 0 Å². The summed E-state index contributed by atoms with van der Waals surface area (Å²) in [5, 5.41) is 0.689. The molecule has 1 rings (SSSR count). The molecule has 2 atom stereocenters. The van der Waals surface area contributed by atoms with E-state index in [1.807, 2.05) is 11.8 Å². The van der Waals surface area contributed by atoms with Crippen molar-refractivity contribution in [2.75, 3.05) is 31.4 Å². The Morgan fingerprint density at radius 2 is 2.06 bits per heavy atom. The lowest BCUT2D eigenvalue weighted by Crippen LogP contribution is -2.39. The van der Waals surface area contributed by atoms with Gasteiger partial charge >= 0.3 is 0 Å². The smallest absolute Gasteiger partial charge is 0.151 e. The predicted octanol–water partition coefficient (Wildman–Crippen LogP) is 1.64.